The summed E-state index contributed by atoms with van der Waals surface area (Å²) in [5.41, 5.74) is 2.96. The molecule has 98 valence electrons. The summed E-state index contributed by atoms with van der Waals surface area (Å²) < 4.78 is 0. The molecule has 0 aliphatic heterocycles. The molecule has 1 aromatic rings. The van der Waals surface area contributed by atoms with Gasteiger partial charge < -0.3 is 5.32 Å². The number of alkyl halides is 1. The smallest absolute Gasteiger partial charge is 0.251 e. The van der Waals surface area contributed by atoms with Crippen LogP contribution in [0.2, 0.25) is 0 Å². The summed E-state index contributed by atoms with van der Waals surface area (Å²) in [5, 5.41) is 3.15. The van der Waals surface area contributed by atoms with Gasteiger partial charge in [-0.3, -0.25) is 4.79 Å². The minimum Gasteiger partial charge on any atom is -0.348 e. The second-order valence-electron chi connectivity index (χ2n) is 5.20. The van der Waals surface area contributed by atoms with Gasteiger partial charge in [0.05, 0.1) is 5.38 Å². The number of carbonyl (C=O) groups excluding carboxylic acids is 1. The molecule has 1 aliphatic rings. The Labute approximate surface area is 114 Å². The highest BCUT2D eigenvalue weighted by molar-refractivity contribution is 6.21. The molecule has 2 rings (SSSR count). The average molecular weight is 266 g/mol. The van der Waals surface area contributed by atoms with Crippen molar-refractivity contribution in [3.63, 3.8) is 0 Å². The maximum absolute atomic E-state index is 12.2. The average Bonchev–Trinajstić information content (AvgIpc) is 2.32. The van der Waals surface area contributed by atoms with Crippen molar-refractivity contribution in [2.75, 3.05) is 0 Å². The summed E-state index contributed by atoms with van der Waals surface area (Å²) in [6.45, 7) is 4.01. The molecule has 2 atom stereocenters. The number of carbonyl (C=O) groups is 1. The molecule has 0 spiro atoms. The first kappa shape index (κ1) is 13.4. The number of rotatable bonds is 2. The van der Waals surface area contributed by atoms with Crippen LogP contribution in [0.4, 0.5) is 0 Å². The fraction of sp³-hybridized carbons (Fsp3) is 0.533. The molecule has 1 aliphatic carbocycles. The number of hydrogen-bond acceptors (Lipinski definition) is 1. The van der Waals surface area contributed by atoms with Crippen molar-refractivity contribution in [1.82, 2.24) is 5.32 Å². The second kappa shape index (κ2) is 5.75. The zero-order valence-electron chi connectivity index (χ0n) is 11.0. The Morgan fingerprint density at radius 2 is 2.00 bits per heavy atom. The van der Waals surface area contributed by atoms with E-state index in [1.807, 2.05) is 32.0 Å². The molecule has 1 N–H and O–H groups in total. The largest absolute Gasteiger partial charge is 0.348 e. The van der Waals surface area contributed by atoms with Crippen molar-refractivity contribution in [2.24, 2.45) is 0 Å². The van der Waals surface area contributed by atoms with Crippen LogP contribution in [0.5, 0.6) is 0 Å². The second-order valence-corrected chi connectivity index (χ2v) is 5.76. The minimum atomic E-state index is 0.00468. The van der Waals surface area contributed by atoms with Crippen molar-refractivity contribution in [3.8, 4) is 0 Å². The Balaban J connectivity index is 2.07. The molecule has 2 nitrogen and oxygen atoms in total. The lowest BCUT2D eigenvalue weighted by Gasteiger charge is -2.28. The Bertz CT molecular complexity index is 444. The molecule has 2 unspecified atom stereocenters. The SMILES string of the molecule is Cc1ccc(C(=O)NC2CCCCC2Cl)c(C)c1. The van der Waals surface area contributed by atoms with Gasteiger partial charge in [0, 0.05) is 11.6 Å². The first-order chi connectivity index (χ1) is 8.58. The quantitative estimate of drug-likeness (QED) is 0.814. The van der Waals surface area contributed by atoms with E-state index in [4.69, 9.17) is 11.6 Å². The highest BCUT2D eigenvalue weighted by Gasteiger charge is 2.25. The van der Waals surface area contributed by atoms with Gasteiger partial charge in [-0.1, -0.05) is 30.5 Å². The van der Waals surface area contributed by atoms with Gasteiger partial charge in [-0.2, -0.15) is 0 Å². The van der Waals surface area contributed by atoms with Gasteiger partial charge >= 0.3 is 0 Å². The summed E-state index contributed by atoms with van der Waals surface area (Å²) in [6, 6.07) is 6.02. The number of nitrogens with one attached hydrogen (secondary N) is 1. The van der Waals surface area contributed by atoms with Gasteiger partial charge in [-0.05, 0) is 38.3 Å². The molecular formula is C15H20ClNO. The van der Waals surface area contributed by atoms with E-state index in [0.717, 1.165) is 30.4 Å². The summed E-state index contributed by atoms with van der Waals surface area (Å²) in [6.07, 6.45) is 4.31. The highest BCUT2D eigenvalue weighted by Crippen LogP contribution is 2.23. The van der Waals surface area contributed by atoms with Crippen LogP contribution in [0.3, 0.4) is 0 Å². The van der Waals surface area contributed by atoms with Crippen molar-refractivity contribution < 1.29 is 4.79 Å². The van der Waals surface area contributed by atoms with Crippen molar-refractivity contribution >= 4 is 17.5 Å². The zero-order chi connectivity index (χ0) is 13.1. The van der Waals surface area contributed by atoms with Gasteiger partial charge in [-0.25, -0.2) is 0 Å². The summed E-state index contributed by atoms with van der Waals surface area (Å²) >= 11 is 6.26. The molecule has 0 radical (unpaired) electrons. The van der Waals surface area contributed by atoms with Gasteiger partial charge in [0.15, 0.2) is 0 Å². The molecule has 3 heteroatoms. The van der Waals surface area contributed by atoms with Crippen LogP contribution in [-0.2, 0) is 0 Å². The number of hydrogen-bond donors (Lipinski definition) is 1. The van der Waals surface area contributed by atoms with Gasteiger partial charge in [-0.15, -0.1) is 11.6 Å². The molecule has 18 heavy (non-hydrogen) atoms. The fourth-order valence-electron chi connectivity index (χ4n) is 2.56. The van der Waals surface area contributed by atoms with Crippen molar-refractivity contribution in [1.29, 1.82) is 0 Å². The predicted molar refractivity (Wildman–Crippen MR) is 75.3 cm³/mol. The standard InChI is InChI=1S/C15H20ClNO/c1-10-7-8-12(11(2)9-10)15(18)17-14-6-4-3-5-13(14)16/h7-9,13-14H,3-6H2,1-2H3,(H,17,18). The third kappa shape index (κ3) is 3.05. The van der Waals surface area contributed by atoms with E-state index in [-0.39, 0.29) is 17.3 Å². The molecular weight excluding hydrogens is 246 g/mol. The van der Waals surface area contributed by atoms with E-state index in [0.29, 0.717) is 0 Å². The normalized spacial score (nSPS) is 23.7. The third-order valence-electron chi connectivity index (χ3n) is 3.62. The van der Waals surface area contributed by atoms with Gasteiger partial charge in [0.25, 0.3) is 5.91 Å². The van der Waals surface area contributed by atoms with E-state index < -0.39 is 0 Å². The predicted octanol–water partition coefficient (Wildman–Crippen LogP) is 3.58. The molecule has 0 heterocycles. The monoisotopic (exact) mass is 265 g/mol. The molecule has 0 bridgehead atoms. The maximum atomic E-state index is 12.2. The molecule has 0 aromatic heterocycles. The van der Waals surface area contributed by atoms with Crippen LogP contribution in [0.25, 0.3) is 0 Å². The van der Waals surface area contributed by atoms with E-state index in [9.17, 15) is 4.79 Å². The Morgan fingerprint density at radius 3 is 2.67 bits per heavy atom. The zero-order valence-corrected chi connectivity index (χ0v) is 11.8. The van der Waals surface area contributed by atoms with Crippen LogP contribution < -0.4 is 5.32 Å². The Morgan fingerprint density at radius 1 is 1.28 bits per heavy atom. The van der Waals surface area contributed by atoms with Crippen molar-refractivity contribution in [3.05, 3.63) is 34.9 Å². The number of benzene rings is 1. The maximum Gasteiger partial charge on any atom is 0.251 e. The number of amides is 1. The molecule has 0 saturated heterocycles. The Hall–Kier alpha value is -1.02. The first-order valence-electron chi connectivity index (χ1n) is 6.60. The van der Waals surface area contributed by atoms with E-state index in [2.05, 4.69) is 5.32 Å². The van der Waals surface area contributed by atoms with E-state index in [1.54, 1.807) is 0 Å². The topological polar surface area (TPSA) is 29.1 Å². The number of aryl methyl sites for hydroxylation is 2. The minimum absolute atomic E-state index is 0.00468. The van der Waals surface area contributed by atoms with E-state index in [1.165, 1.54) is 12.0 Å². The molecule has 1 amide bonds. The third-order valence-corrected chi connectivity index (χ3v) is 4.15. The summed E-state index contributed by atoms with van der Waals surface area (Å²) in [7, 11) is 0. The van der Waals surface area contributed by atoms with Crippen LogP contribution >= 0.6 is 11.6 Å². The number of halogens is 1. The lowest BCUT2D eigenvalue weighted by atomic mass is 9.94. The van der Waals surface area contributed by atoms with Crippen LogP contribution in [0.15, 0.2) is 18.2 Å². The lowest BCUT2D eigenvalue weighted by molar-refractivity contribution is 0.0928. The Kier molecular flexibility index (Phi) is 4.28. The van der Waals surface area contributed by atoms with Gasteiger partial charge in [0.2, 0.25) is 0 Å². The molecule has 1 fully saturated rings. The summed E-state index contributed by atoms with van der Waals surface area (Å²) in [4.78, 5) is 12.2. The van der Waals surface area contributed by atoms with Gasteiger partial charge in [0.1, 0.15) is 0 Å². The van der Waals surface area contributed by atoms with Crippen LogP contribution in [0.1, 0.15) is 47.2 Å². The first-order valence-corrected chi connectivity index (χ1v) is 7.04. The van der Waals surface area contributed by atoms with E-state index >= 15 is 0 Å². The molecule has 1 aromatic carbocycles. The van der Waals surface area contributed by atoms with Crippen LogP contribution in [0, 0.1) is 13.8 Å². The highest BCUT2D eigenvalue weighted by atomic mass is 35.5. The van der Waals surface area contributed by atoms with Crippen molar-refractivity contribution in [2.45, 2.75) is 50.9 Å². The molecule has 1 saturated carbocycles. The summed E-state index contributed by atoms with van der Waals surface area (Å²) in [5.74, 6) is 0.00468. The lowest BCUT2D eigenvalue weighted by Crippen LogP contribution is -2.43. The fourth-order valence-corrected chi connectivity index (χ4v) is 2.91. The van der Waals surface area contributed by atoms with Crippen LogP contribution in [-0.4, -0.2) is 17.3 Å².